The molecular formula is C13H16N2O4S2. The van der Waals surface area contributed by atoms with E-state index < -0.39 is 20.0 Å². The SMILES string of the molecule is NS(=O)(=O)c1ccc(S(=O)(=O)N2C3C=CCC2CC3)cc1. The first-order valence-corrected chi connectivity index (χ1v) is 9.62. The number of nitrogens with two attached hydrogens (primary N) is 1. The predicted octanol–water partition coefficient (Wildman–Crippen LogP) is 0.816. The minimum absolute atomic E-state index is 0.00270. The quantitative estimate of drug-likeness (QED) is 0.830. The molecule has 0 amide bonds. The van der Waals surface area contributed by atoms with Gasteiger partial charge in [-0.15, -0.1) is 0 Å². The van der Waals surface area contributed by atoms with Crippen molar-refractivity contribution in [3.8, 4) is 0 Å². The monoisotopic (exact) mass is 328 g/mol. The number of benzene rings is 1. The number of nitrogens with zero attached hydrogens (tertiary/aromatic N) is 1. The average Bonchev–Trinajstić information content (AvgIpc) is 2.69. The second kappa shape index (κ2) is 4.91. The van der Waals surface area contributed by atoms with Crippen LogP contribution in [0, 0.1) is 0 Å². The zero-order valence-electron chi connectivity index (χ0n) is 11.2. The summed E-state index contributed by atoms with van der Waals surface area (Å²) in [6, 6.07) is 4.96. The summed E-state index contributed by atoms with van der Waals surface area (Å²) in [6.45, 7) is 0. The summed E-state index contributed by atoms with van der Waals surface area (Å²) in [6.07, 6.45) is 6.37. The Morgan fingerprint density at radius 1 is 1.00 bits per heavy atom. The molecule has 0 aliphatic carbocycles. The number of rotatable bonds is 3. The van der Waals surface area contributed by atoms with Gasteiger partial charge >= 0.3 is 0 Å². The number of hydrogen-bond acceptors (Lipinski definition) is 4. The average molecular weight is 328 g/mol. The molecule has 6 nitrogen and oxygen atoms in total. The van der Waals surface area contributed by atoms with Gasteiger partial charge in [0.05, 0.1) is 9.79 Å². The molecule has 3 rings (SSSR count). The summed E-state index contributed by atoms with van der Waals surface area (Å²) in [5.74, 6) is 0. The van der Waals surface area contributed by atoms with Crippen LogP contribution in [-0.4, -0.2) is 33.2 Å². The van der Waals surface area contributed by atoms with Crippen molar-refractivity contribution in [2.24, 2.45) is 5.14 Å². The van der Waals surface area contributed by atoms with E-state index >= 15 is 0 Å². The van der Waals surface area contributed by atoms with E-state index in [9.17, 15) is 16.8 Å². The van der Waals surface area contributed by atoms with Crippen LogP contribution >= 0.6 is 0 Å². The highest BCUT2D eigenvalue weighted by atomic mass is 32.2. The Morgan fingerprint density at radius 3 is 2.19 bits per heavy atom. The normalized spacial score (nSPS) is 26.1. The summed E-state index contributed by atoms with van der Waals surface area (Å²) in [5.41, 5.74) is 0. The summed E-state index contributed by atoms with van der Waals surface area (Å²) < 4.78 is 49.4. The van der Waals surface area contributed by atoms with Gasteiger partial charge in [0.15, 0.2) is 0 Å². The molecule has 0 saturated carbocycles. The van der Waals surface area contributed by atoms with Gasteiger partial charge in [-0.3, -0.25) is 0 Å². The molecule has 1 fully saturated rings. The Labute approximate surface area is 124 Å². The molecule has 0 radical (unpaired) electrons. The number of primary sulfonamides is 1. The third-order valence-corrected chi connectivity index (χ3v) is 6.90. The number of fused-ring (bicyclic) bond motifs is 2. The molecule has 1 saturated heterocycles. The first-order valence-electron chi connectivity index (χ1n) is 6.63. The maximum absolute atomic E-state index is 12.7. The second-order valence-electron chi connectivity index (χ2n) is 5.31. The van der Waals surface area contributed by atoms with Crippen LogP contribution in [0.3, 0.4) is 0 Å². The topological polar surface area (TPSA) is 97.5 Å². The van der Waals surface area contributed by atoms with Crippen molar-refractivity contribution in [3.63, 3.8) is 0 Å². The van der Waals surface area contributed by atoms with E-state index in [0.29, 0.717) is 0 Å². The van der Waals surface area contributed by atoms with Gasteiger partial charge in [-0.1, -0.05) is 12.2 Å². The van der Waals surface area contributed by atoms with E-state index in [2.05, 4.69) is 0 Å². The molecule has 114 valence electrons. The molecule has 2 bridgehead atoms. The second-order valence-corrected chi connectivity index (χ2v) is 8.72. The molecule has 21 heavy (non-hydrogen) atoms. The van der Waals surface area contributed by atoms with E-state index in [1.165, 1.54) is 24.3 Å². The third-order valence-electron chi connectivity index (χ3n) is 3.98. The molecule has 0 aromatic heterocycles. The van der Waals surface area contributed by atoms with Crippen LogP contribution in [-0.2, 0) is 20.0 Å². The van der Waals surface area contributed by atoms with Gasteiger partial charge in [-0.2, -0.15) is 4.31 Å². The Kier molecular flexibility index (Phi) is 3.44. The summed E-state index contributed by atoms with van der Waals surface area (Å²) in [7, 11) is -7.43. The lowest BCUT2D eigenvalue weighted by molar-refractivity contribution is 0.341. The van der Waals surface area contributed by atoms with Gasteiger partial charge in [-0.25, -0.2) is 22.0 Å². The molecular weight excluding hydrogens is 312 g/mol. The van der Waals surface area contributed by atoms with Crippen molar-refractivity contribution in [2.45, 2.75) is 41.1 Å². The molecule has 1 aromatic rings. The van der Waals surface area contributed by atoms with Crippen molar-refractivity contribution in [1.82, 2.24) is 4.31 Å². The third kappa shape index (κ3) is 2.52. The van der Waals surface area contributed by atoms with E-state index in [1.54, 1.807) is 4.31 Å². The fourth-order valence-corrected chi connectivity index (χ4v) is 5.34. The minimum Gasteiger partial charge on any atom is -0.225 e. The molecule has 0 spiro atoms. The highest BCUT2D eigenvalue weighted by molar-refractivity contribution is 7.89. The van der Waals surface area contributed by atoms with Crippen molar-refractivity contribution in [3.05, 3.63) is 36.4 Å². The van der Waals surface area contributed by atoms with Gasteiger partial charge < -0.3 is 0 Å². The van der Waals surface area contributed by atoms with Crippen molar-refractivity contribution in [1.29, 1.82) is 0 Å². The van der Waals surface area contributed by atoms with Crippen LogP contribution in [0.4, 0.5) is 0 Å². The number of hydrogen-bond donors (Lipinski definition) is 1. The Balaban J connectivity index is 1.98. The molecule has 2 aliphatic rings. The fraction of sp³-hybridized carbons (Fsp3) is 0.385. The van der Waals surface area contributed by atoms with Crippen molar-refractivity contribution >= 4 is 20.0 Å². The molecule has 2 N–H and O–H groups in total. The largest absolute Gasteiger partial charge is 0.243 e. The lowest BCUT2D eigenvalue weighted by Gasteiger charge is -2.30. The Morgan fingerprint density at radius 2 is 1.62 bits per heavy atom. The standard InChI is InChI=1S/C13H16N2O4S2/c14-20(16,17)12-6-8-13(9-7-12)21(18,19)15-10-2-1-3-11(15)5-4-10/h1-2,6-11H,3-5H2,(H2,14,16,17). The van der Waals surface area contributed by atoms with Crippen molar-refractivity contribution in [2.75, 3.05) is 0 Å². The van der Waals surface area contributed by atoms with Gasteiger partial charge in [0, 0.05) is 12.1 Å². The van der Waals surface area contributed by atoms with Crippen LogP contribution in [0.5, 0.6) is 0 Å². The zero-order chi connectivity index (χ0) is 15.3. The molecule has 2 aliphatic heterocycles. The van der Waals surface area contributed by atoms with Crippen LogP contribution in [0.15, 0.2) is 46.2 Å². The zero-order valence-corrected chi connectivity index (χ0v) is 12.8. The van der Waals surface area contributed by atoms with E-state index in [-0.39, 0.29) is 21.9 Å². The summed E-state index contributed by atoms with van der Waals surface area (Å²) >= 11 is 0. The van der Waals surface area contributed by atoms with Gasteiger partial charge in [0.1, 0.15) is 0 Å². The Bertz CT molecular complexity index is 782. The minimum atomic E-state index is -3.82. The molecule has 2 atom stereocenters. The fourth-order valence-electron chi connectivity index (χ4n) is 2.98. The molecule has 1 aromatic carbocycles. The van der Waals surface area contributed by atoms with Gasteiger partial charge in [-0.05, 0) is 43.5 Å². The van der Waals surface area contributed by atoms with Gasteiger partial charge in [0.25, 0.3) is 0 Å². The lowest BCUT2D eigenvalue weighted by Crippen LogP contribution is -2.41. The molecule has 2 heterocycles. The summed E-state index contributed by atoms with van der Waals surface area (Å²) in [5, 5.41) is 5.02. The highest BCUT2D eigenvalue weighted by Gasteiger charge is 2.42. The van der Waals surface area contributed by atoms with E-state index in [0.717, 1.165) is 19.3 Å². The van der Waals surface area contributed by atoms with Crippen LogP contribution in [0.2, 0.25) is 0 Å². The highest BCUT2D eigenvalue weighted by Crippen LogP contribution is 2.36. The van der Waals surface area contributed by atoms with Crippen LogP contribution in [0.25, 0.3) is 0 Å². The maximum atomic E-state index is 12.7. The smallest absolute Gasteiger partial charge is 0.225 e. The first-order chi connectivity index (χ1) is 9.80. The van der Waals surface area contributed by atoms with Gasteiger partial charge in [0.2, 0.25) is 20.0 Å². The maximum Gasteiger partial charge on any atom is 0.243 e. The Hall–Kier alpha value is -1.22. The molecule has 8 heteroatoms. The van der Waals surface area contributed by atoms with Crippen LogP contribution < -0.4 is 5.14 Å². The number of sulfonamides is 2. The first kappa shape index (κ1) is 14.7. The summed E-state index contributed by atoms with van der Waals surface area (Å²) in [4.78, 5) is 0.00469. The van der Waals surface area contributed by atoms with Crippen molar-refractivity contribution < 1.29 is 16.8 Å². The predicted molar refractivity (Wildman–Crippen MR) is 77.4 cm³/mol. The van der Waals surface area contributed by atoms with Crippen LogP contribution in [0.1, 0.15) is 19.3 Å². The van der Waals surface area contributed by atoms with E-state index in [4.69, 9.17) is 5.14 Å². The lowest BCUT2D eigenvalue weighted by atomic mass is 10.2. The van der Waals surface area contributed by atoms with E-state index in [1.807, 2.05) is 12.2 Å². The molecule has 2 unspecified atom stereocenters.